The topological polar surface area (TPSA) is 73.8 Å². The molecule has 2 unspecified atom stereocenters. The standard InChI is InChI=1S/C32H37F3N4O3S/c1-20-17-25(18-21(2)36-20)39-15-13-24(14-16-39)37(3)30(40)23-10-9-22-11-12-29(27(22)19-23)38(4)31(43(41)42)26-7-5-6-8-28(26)32(33,34)35/h5-10,17-19,24,29,31,43H,11-16H2,1-4H3. The maximum Gasteiger partial charge on any atom is 0.416 e. The number of carbonyl (C=O) groups excluding carboxylic acids is 1. The highest BCUT2D eigenvalue weighted by Crippen LogP contribution is 2.43. The van der Waals surface area contributed by atoms with E-state index in [0.717, 1.165) is 60.2 Å². The van der Waals surface area contributed by atoms with Gasteiger partial charge in [0, 0.05) is 54.9 Å². The Morgan fingerprint density at radius 2 is 1.63 bits per heavy atom. The van der Waals surface area contributed by atoms with E-state index in [2.05, 4.69) is 22.0 Å². The summed E-state index contributed by atoms with van der Waals surface area (Å²) in [5, 5.41) is -1.47. The van der Waals surface area contributed by atoms with Gasteiger partial charge < -0.3 is 9.80 Å². The zero-order valence-corrected chi connectivity index (χ0v) is 25.7. The van der Waals surface area contributed by atoms with Gasteiger partial charge in [0.15, 0.2) is 10.7 Å². The van der Waals surface area contributed by atoms with E-state index < -0.39 is 33.9 Å². The van der Waals surface area contributed by atoms with Crippen molar-refractivity contribution in [1.29, 1.82) is 0 Å². The summed E-state index contributed by atoms with van der Waals surface area (Å²) < 4.78 is 66.3. The van der Waals surface area contributed by atoms with Crippen LogP contribution in [0.2, 0.25) is 0 Å². The quantitative estimate of drug-likeness (QED) is 0.345. The molecule has 1 saturated heterocycles. The van der Waals surface area contributed by atoms with Gasteiger partial charge in [-0.1, -0.05) is 24.3 Å². The van der Waals surface area contributed by atoms with Gasteiger partial charge in [-0.05, 0) is 93.6 Å². The Labute approximate surface area is 252 Å². The monoisotopic (exact) mass is 614 g/mol. The van der Waals surface area contributed by atoms with Gasteiger partial charge in [-0.3, -0.25) is 14.7 Å². The maximum absolute atomic E-state index is 13.8. The molecule has 2 heterocycles. The van der Waals surface area contributed by atoms with E-state index in [9.17, 15) is 26.4 Å². The highest BCUT2D eigenvalue weighted by molar-refractivity contribution is 7.72. The molecule has 0 spiro atoms. The van der Waals surface area contributed by atoms with E-state index >= 15 is 0 Å². The van der Waals surface area contributed by atoms with E-state index in [4.69, 9.17) is 0 Å². The number of amides is 1. The normalized spacial score (nSPS) is 18.3. The van der Waals surface area contributed by atoms with Crippen molar-refractivity contribution in [3.8, 4) is 0 Å². The van der Waals surface area contributed by atoms with Gasteiger partial charge in [0.1, 0.15) is 5.37 Å². The third-order valence-electron chi connectivity index (χ3n) is 8.82. The number of thiol groups is 1. The van der Waals surface area contributed by atoms with Crippen molar-refractivity contribution in [3.63, 3.8) is 0 Å². The first-order chi connectivity index (χ1) is 20.3. The molecule has 2 atom stereocenters. The summed E-state index contributed by atoms with van der Waals surface area (Å²) in [5.41, 5.74) is 4.08. The fourth-order valence-corrected chi connectivity index (χ4v) is 7.56. The number of hydrogen-bond acceptors (Lipinski definition) is 6. The van der Waals surface area contributed by atoms with Crippen molar-refractivity contribution in [2.75, 3.05) is 32.1 Å². The third-order valence-corrected chi connectivity index (χ3v) is 9.87. The Kier molecular flexibility index (Phi) is 8.85. The third kappa shape index (κ3) is 6.43. The molecule has 43 heavy (non-hydrogen) atoms. The first kappa shape index (κ1) is 31.0. The first-order valence-electron chi connectivity index (χ1n) is 14.5. The molecule has 0 bridgehead atoms. The molecule has 1 aromatic heterocycles. The molecule has 0 radical (unpaired) electrons. The number of fused-ring (bicyclic) bond motifs is 1. The Morgan fingerprint density at radius 3 is 2.26 bits per heavy atom. The fraction of sp³-hybridized carbons (Fsp3) is 0.438. The van der Waals surface area contributed by atoms with Crippen LogP contribution in [0.15, 0.2) is 54.6 Å². The van der Waals surface area contributed by atoms with Crippen molar-refractivity contribution < 1.29 is 26.4 Å². The molecule has 0 N–H and O–H groups in total. The van der Waals surface area contributed by atoms with Crippen molar-refractivity contribution in [2.45, 2.75) is 63.2 Å². The van der Waals surface area contributed by atoms with Crippen LogP contribution < -0.4 is 4.90 Å². The summed E-state index contributed by atoms with van der Waals surface area (Å²) in [4.78, 5) is 23.7. The first-order valence-corrected chi connectivity index (χ1v) is 15.7. The smallest absolute Gasteiger partial charge is 0.371 e. The van der Waals surface area contributed by atoms with Crippen LogP contribution in [-0.4, -0.2) is 62.3 Å². The predicted octanol–water partition coefficient (Wildman–Crippen LogP) is 5.69. The number of anilines is 1. The molecule has 7 nitrogen and oxygen atoms in total. The fourth-order valence-electron chi connectivity index (χ4n) is 6.64. The lowest BCUT2D eigenvalue weighted by atomic mass is 9.99. The minimum Gasteiger partial charge on any atom is -0.371 e. The van der Waals surface area contributed by atoms with Gasteiger partial charge in [0.05, 0.1) is 5.56 Å². The van der Waals surface area contributed by atoms with E-state index in [1.165, 1.54) is 23.1 Å². The number of hydrogen-bond donors (Lipinski definition) is 1. The Morgan fingerprint density at radius 1 is 0.977 bits per heavy atom. The Hall–Kier alpha value is -3.44. The second-order valence-corrected chi connectivity index (χ2v) is 12.7. The van der Waals surface area contributed by atoms with Crippen LogP contribution in [0.3, 0.4) is 0 Å². The summed E-state index contributed by atoms with van der Waals surface area (Å²) in [6.45, 7) is 5.60. The van der Waals surface area contributed by atoms with E-state index in [1.54, 1.807) is 24.1 Å². The van der Waals surface area contributed by atoms with Gasteiger partial charge in [0.2, 0.25) is 0 Å². The summed E-state index contributed by atoms with van der Waals surface area (Å²) in [6.07, 6.45) is -1.87. The average Bonchev–Trinajstić information content (AvgIpc) is 3.39. The molecule has 1 aliphatic heterocycles. The Bertz CT molecular complexity index is 1560. The zero-order valence-electron chi connectivity index (χ0n) is 24.8. The average molecular weight is 615 g/mol. The van der Waals surface area contributed by atoms with Gasteiger partial charge in [-0.25, -0.2) is 8.42 Å². The van der Waals surface area contributed by atoms with Gasteiger partial charge in [0.25, 0.3) is 5.91 Å². The van der Waals surface area contributed by atoms with Crippen LogP contribution >= 0.6 is 0 Å². The second kappa shape index (κ2) is 12.3. The number of alkyl halides is 3. The number of aromatic nitrogens is 1. The minimum absolute atomic E-state index is 0.0623. The largest absolute Gasteiger partial charge is 0.416 e. The molecule has 2 aliphatic rings. The molecular weight excluding hydrogens is 577 g/mol. The number of rotatable bonds is 7. The summed E-state index contributed by atoms with van der Waals surface area (Å²) in [5.74, 6) is -0.126. The van der Waals surface area contributed by atoms with Crippen LogP contribution in [0, 0.1) is 13.8 Å². The number of nitrogens with zero attached hydrogens (tertiary/aromatic N) is 4. The van der Waals surface area contributed by atoms with Crippen molar-refractivity contribution >= 4 is 22.3 Å². The van der Waals surface area contributed by atoms with E-state index in [-0.39, 0.29) is 17.5 Å². The van der Waals surface area contributed by atoms with Crippen molar-refractivity contribution in [1.82, 2.24) is 14.8 Å². The van der Waals surface area contributed by atoms with Gasteiger partial charge >= 0.3 is 6.18 Å². The van der Waals surface area contributed by atoms with Crippen LogP contribution in [0.1, 0.15) is 74.7 Å². The summed E-state index contributed by atoms with van der Waals surface area (Å²) in [7, 11) is 0.0877. The number of piperidine rings is 1. The number of carbonyl (C=O) groups is 1. The molecule has 2 aromatic carbocycles. The second-order valence-electron chi connectivity index (χ2n) is 11.6. The summed E-state index contributed by atoms with van der Waals surface area (Å²) >= 11 is 0. The highest BCUT2D eigenvalue weighted by atomic mass is 32.2. The molecule has 5 rings (SSSR count). The molecule has 1 fully saturated rings. The molecule has 1 aliphatic carbocycles. The lowest BCUT2D eigenvalue weighted by Crippen LogP contribution is -2.45. The maximum atomic E-state index is 13.8. The summed E-state index contributed by atoms with van der Waals surface area (Å²) in [6, 6.07) is 14.1. The molecule has 1 amide bonds. The SMILES string of the molecule is Cc1cc(N2CCC(N(C)C(=O)c3ccc4c(c3)C(N(C)C(c3ccccc3C(F)(F)F)[SH](=O)=O)CC4)CC2)cc(C)n1. The molecule has 11 heteroatoms. The number of halogens is 3. The van der Waals surface area contributed by atoms with Gasteiger partial charge in [-0.2, -0.15) is 13.2 Å². The highest BCUT2D eigenvalue weighted by Gasteiger charge is 2.39. The van der Waals surface area contributed by atoms with Gasteiger partial charge in [-0.15, -0.1) is 0 Å². The molecular formula is C32H37F3N4O3S. The number of aryl methyl sites for hydroxylation is 3. The van der Waals surface area contributed by atoms with E-state index in [0.29, 0.717) is 18.4 Å². The van der Waals surface area contributed by atoms with Crippen LogP contribution in [0.25, 0.3) is 0 Å². The van der Waals surface area contributed by atoms with Crippen molar-refractivity contribution in [2.24, 2.45) is 0 Å². The lowest BCUT2D eigenvalue weighted by molar-refractivity contribution is -0.138. The molecule has 230 valence electrons. The van der Waals surface area contributed by atoms with E-state index in [1.807, 2.05) is 27.0 Å². The van der Waals surface area contributed by atoms with Crippen LogP contribution in [0.4, 0.5) is 18.9 Å². The van der Waals surface area contributed by atoms with Crippen LogP contribution in [0.5, 0.6) is 0 Å². The predicted molar refractivity (Wildman–Crippen MR) is 161 cm³/mol. The minimum atomic E-state index is -4.69. The zero-order chi connectivity index (χ0) is 31.1. The number of pyridine rings is 1. The lowest BCUT2D eigenvalue weighted by Gasteiger charge is -2.38. The van der Waals surface area contributed by atoms with Crippen molar-refractivity contribution in [3.05, 3.63) is 93.8 Å². The van der Waals surface area contributed by atoms with Crippen LogP contribution in [-0.2, 0) is 23.3 Å². The molecule has 3 aromatic rings. The molecule has 0 saturated carbocycles. The number of benzene rings is 2. The Balaban J connectivity index is 1.33.